The number of nitrogens with two attached hydrogens (primary N) is 1. The summed E-state index contributed by atoms with van der Waals surface area (Å²) in [6.45, 7) is 1.87. The van der Waals surface area contributed by atoms with Crippen LogP contribution in [0, 0.1) is 0 Å². The van der Waals surface area contributed by atoms with Crippen LogP contribution in [-0.4, -0.2) is 25.8 Å². The fraction of sp³-hybridized carbons (Fsp3) is 0.308. The number of benzene rings is 1. The monoisotopic (exact) mass is 572 g/mol. The first-order valence-electron chi connectivity index (χ1n) is 11.8. The molecule has 0 saturated carbocycles. The minimum Gasteiger partial charge on any atom is -0.470 e. The number of nitrogens with zero attached hydrogens (tertiary/aromatic N) is 5. The molecule has 2 aromatic heterocycles. The Kier molecular flexibility index (Phi) is 7.00. The molecule has 2 atom stereocenters. The lowest BCUT2D eigenvalue weighted by molar-refractivity contribution is -0.147. The Morgan fingerprint density at radius 2 is 2.03 bits per heavy atom. The van der Waals surface area contributed by atoms with Gasteiger partial charge in [-0.15, -0.1) is 15.3 Å². The molecule has 0 spiro atoms. The van der Waals surface area contributed by atoms with Crippen LogP contribution in [0.2, 0.25) is 0 Å². The third kappa shape index (κ3) is 5.37. The molecular weight excluding hydrogens is 549 g/mol. The van der Waals surface area contributed by atoms with Crippen molar-refractivity contribution in [3.8, 4) is 0 Å². The number of halogens is 4. The first-order valence-corrected chi connectivity index (χ1v) is 12.6. The molecule has 5 rings (SSSR count). The summed E-state index contributed by atoms with van der Waals surface area (Å²) >= 11 is 3.50. The van der Waals surface area contributed by atoms with E-state index in [0.717, 1.165) is 26.7 Å². The van der Waals surface area contributed by atoms with E-state index < -0.39 is 17.9 Å². The quantitative estimate of drug-likeness (QED) is 0.414. The zero-order valence-corrected chi connectivity index (χ0v) is 21.5. The molecule has 3 heterocycles. The van der Waals surface area contributed by atoms with Crippen LogP contribution in [0.3, 0.4) is 0 Å². The molecule has 11 heteroatoms. The maximum atomic E-state index is 13.5. The molecule has 7 nitrogen and oxygen atoms in total. The molecule has 192 valence electrons. The van der Waals surface area contributed by atoms with Crippen molar-refractivity contribution in [2.24, 2.45) is 10.8 Å². The number of alkyl halides is 3. The van der Waals surface area contributed by atoms with Crippen LogP contribution >= 0.6 is 15.9 Å². The second-order valence-corrected chi connectivity index (χ2v) is 9.90. The van der Waals surface area contributed by atoms with Gasteiger partial charge in [0, 0.05) is 16.1 Å². The van der Waals surface area contributed by atoms with Gasteiger partial charge in [0.1, 0.15) is 6.61 Å². The van der Waals surface area contributed by atoms with Crippen LogP contribution < -0.4 is 5.73 Å². The van der Waals surface area contributed by atoms with Crippen molar-refractivity contribution in [3.05, 3.63) is 98.8 Å². The molecule has 0 radical (unpaired) electrons. The lowest BCUT2D eigenvalue weighted by Gasteiger charge is -2.26. The number of allylic oxidation sites excluding steroid dienone is 3. The maximum absolute atomic E-state index is 13.5. The predicted octanol–water partition coefficient (Wildman–Crippen LogP) is 5.62. The number of hydrogen-bond donors (Lipinski definition) is 1. The van der Waals surface area contributed by atoms with Crippen LogP contribution in [-0.2, 0) is 30.4 Å². The van der Waals surface area contributed by atoms with E-state index in [1.54, 1.807) is 6.08 Å². The standard InChI is InChI=1S/C26H24BrF3N6O/c1-15(31)21-12-11-17(10-9-16-5-4-6-18(27)13-16)22(32-21)14-37-24-20-8-3-2-7-19(20)23-33-34-25(26(28,29)30)36(23)35-24/h2-6,8,11-13,15,19H,7,9-10,14,31H2,1H3. The zero-order valence-electron chi connectivity index (χ0n) is 19.9. The van der Waals surface area contributed by atoms with Crippen molar-refractivity contribution in [2.45, 2.75) is 50.9 Å². The van der Waals surface area contributed by atoms with Crippen molar-refractivity contribution in [3.63, 3.8) is 0 Å². The fourth-order valence-electron chi connectivity index (χ4n) is 4.40. The summed E-state index contributed by atoms with van der Waals surface area (Å²) < 4.78 is 48.5. The lowest BCUT2D eigenvalue weighted by atomic mass is 9.89. The maximum Gasteiger partial charge on any atom is 0.453 e. The summed E-state index contributed by atoms with van der Waals surface area (Å²) in [6.07, 6.45) is 2.76. The molecule has 1 aliphatic heterocycles. The normalized spacial score (nSPS) is 17.5. The highest BCUT2D eigenvalue weighted by Crippen LogP contribution is 2.38. The summed E-state index contributed by atoms with van der Waals surface area (Å²) in [7, 11) is 0. The van der Waals surface area contributed by atoms with Gasteiger partial charge in [-0.1, -0.05) is 52.4 Å². The van der Waals surface area contributed by atoms with E-state index in [9.17, 15) is 13.2 Å². The van der Waals surface area contributed by atoms with Gasteiger partial charge in [0.25, 0.3) is 5.82 Å². The number of ether oxygens (including phenoxy) is 1. The van der Waals surface area contributed by atoms with Crippen molar-refractivity contribution >= 4 is 21.8 Å². The van der Waals surface area contributed by atoms with Gasteiger partial charge in [-0.05, 0) is 55.5 Å². The van der Waals surface area contributed by atoms with Crippen LogP contribution in [0.25, 0.3) is 0 Å². The minimum absolute atomic E-state index is 0.0276. The van der Waals surface area contributed by atoms with E-state index in [4.69, 9.17) is 15.5 Å². The van der Waals surface area contributed by atoms with Crippen molar-refractivity contribution in [1.29, 1.82) is 0 Å². The molecule has 0 fully saturated rings. The van der Waals surface area contributed by atoms with Crippen LogP contribution in [0.5, 0.6) is 0 Å². The average molecular weight is 573 g/mol. The molecule has 37 heavy (non-hydrogen) atoms. The first kappa shape index (κ1) is 25.3. The molecule has 2 N–H and O–H groups in total. The SMILES string of the molecule is CC(N)c1ccc(CCc2cccc(Br)c2)c(COC2=Nn3c(nnc3C(F)(F)F)C3CC=CC=C23)n1. The second-order valence-electron chi connectivity index (χ2n) is 8.98. The highest BCUT2D eigenvalue weighted by atomic mass is 79.9. The van der Waals surface area contributed by atoms with E-state index >= 15 is 0 Å². The van der Waals surface area contributed by atoms with Gasteiger partial charge < -0.3 is 10.5 Å². The Morgan fingerprint density at radius 3 is 2.78 bits per heavy atom. The molecule has 1 aromatic carbocycles. The molecule has 3 aromatic rings. The molecule has 0 saturated heterocycles. The summed E-state index contributed by atoms with van der Waals surface area (Å²) in [5.41, 5.74) is 10.2. The van der Waals surface area contributed by atoms with Gasteiger partial charge in [0.15, 0.2) is 5.82 Å². The van der Waals surface area contributed by atoms with Gasteiger partial charge in [-0.3, -0.25) is 4.98 Å². The van der Waals surface area contributed by atoms with Crippen LogP contribution in [0.15, 0.2) is 69.8 Å². The Balaban J connectivity index is 1.44. The Labute approximate surface area is 220 Å². The smallest absolute Gasteiger partial charge is 0.453 e. The molecule has 2 aliphatic rings. The summed E-state index contributed by atoms with van der Waals surface area (Å²) in [4.78, 5) is 4.72. The zero-order chi connectivity index (χ0) is 26.2. The van der Waals surface area contributed by atoms with Crippen molar-refractivity contribution < 1.29 is 17.9 Å². The van der Waals surface area contributed by atoms with Crippen LogP contribution in [0.1, 0.15) is 59.5 Å². The Morgan fingerprint density at radius 1 is 1.19 bits per heavy atom. The summed E-state index contributed by atoms with van der Waals surface area (Å²) in [5, 5.41) is 11.3. The Hall–Kier alpha value is -3.31. The van der Waals surface area contributed by atoms with Gasteiger partial charge in [-0.2, -0.15) is 17.8 Å². The molecule has 0 bridgehead atoms. The summed E-state index contributed by atoms with van der Waals surface area (Å²) in [5.74, 6) is -1.37. The number of hydrogen-bond acceptors (Lipinski definition) is 6. The predicted molar refractivity (Wildman–Crippen MR) is 136 cm³/mol. The van der Waals surface area contributed by atoms with Gasteiger partial charge in [-0.25, -0.2) is 0 Å². The van der Waals surface area contributed by atoms with Crippen molar-refractivity contribution in [1.82, 2.24) is 19.9 Å². The van der Waals surface area contributed by atoms with Gasteiger partial charge in [0.2, 0.25) is 5.90 Å². The van der Waals surface area contributed by atoms with E-state index in [-0.39, 0.29) is 24.4 Å². The number of fused-ring (bicyclic) bond motifs is 3. The fourth-order valence-corrected chi connectivity index (χ4v) is 4.85. The van der Waals surface area contributed by atoms with Gasteiger partial charge >= 0.3 is 6.18 Å². The minimum atomic E-state index is -4.70. The number of aromatic nitrogens is 4. The van der Waals surface area contributed by atoms with Crippen molar-refractivity contribution in [2.75, 3.05) is 0 Å². The first-order chi connectivity index (χ1) is 17.7. The molecule has 1 aliphatic carbocycles. The highest BCUT2D eigenvalue weighted by molar-refractivity contribution is 9.10. The molecule has 0 amide bonds. The molecule has 2 unspecified atom stereocenters. The van der Waals surface area contributed by atoms with E-state index in [0.29, 0.717) is 29.8 Å². The third-order valence-electron chi connectivity index (χ3n) is 6.30. The van der Waals surface area contributed by atoms with E-state index in [1.165, 1.54) is 0 Å². The number of aryl methyl sites for hydroxylation is 2. The lowest BCUT2D eigenvalue weighted by Crippen LogP contribution is -2.27. The molecular formula is C26H24BrF3N6O. The topological polar surface area (TPSA) is 91.2 Å². The number of pyridine rings is 1. The van der Waals surface area contributed by atoms with E-state index in [1.807, 2.05) is 43.3 Å². The van der Waals surface area contributed by atoms with Crippen LogP contribution in [0.4, 0.5) is 13.2 Å². The Bertz CT molecular complexity index is 1410. The third-order valence-corrected chi connectivity index (χ3v) is 6.79. The average Bonchev–Trinajstić information content (AvgIpc) is 3.31. The second kappa shape index (κ2) is 10.2. The van der Waals surface area contributed by atoms with E-state index in [2.05, 4.69) is 43.4 Å². The number of rotatable bonds is 6. The largest absolute Gasteiger partial charge is 0.470 e. The highest BCUT2D eigenvalue weighted by Gasteiger charge is 2.43. The summed E-state index contributed by atoms with van der Waals surface area (Å²) in [6, 6.07) is 11.7. The van der Waals surface area contributed by atoms with Gasteiger partial charge in [0.05, 0.1) is 17.3 Å².